The van der Waals surface area contributed by atoms with E-state index in [2.05, 4.69) is 6.58 Å². The lowest BCUT2D eigenvalue weighted by Crippen LogP contribution is -2.03. The van der Waals surface area contributed by atoms with E-state index in [4.69, 9.17) is 26.6 Å². The third-order valence-corrected chi connectivity index (χ3v) is 3.20. The molecule has 2 aromatic carbocycles. The van der Waals surface area contributed by atoms with Gasteiger partial charge in [-0.2, -0.15) is 0 Å². The van der Waals surface area contributed by atoms with Gasteiger partial charge in [0.25, 0.3) is 0 Å². The van der Waals surface area contributed by atoms with Gasteiger partial charge in [0.15, 0.2) is 5.78 Å². The molecule has 0 amide bonds. The third kappa shape index (κ3) is 7.20. The largest absolute Gasteiger partial charge is 0.491 e. The van der Waals surface area contributed by atoms with Gasteiger partial charge >= 0.3 is 5.97 Å². The molecule has 6 heteroatoms. The lowest BCUT2D eigenvalue weighted by Gasteiger charge is -2.05. The van der Waals surface area contributed by atoms with E-state index in [1.165, 1.54) is 6.92 Å². The van der Waals surface area contributed by atoms with E-state index in [0.717, 1.165) is 0 Å². The molecular weight excluding hydrogens is 344 g/mol. The van der Waals surface area contributed by atoms with Crippen molar-refractivity contribution in [3.8, 4) is 5.75 Å². The first kappa shape index (κ1) is 20.4. The van der Waals surface area contributed by atoms with Gasteiger partial charge in [0.2, 0.25) is 0 Å². The molecule has 2 N–H and O–H groups in total. The predicted octanol–water partition coefficient (Wildman–Crippen LogP) is 3.59. The maximum atomic E-state index is 12.2. The SMILES string of the molecule is C=C(C)C(=O)O.O=C(c1ccc(Cl)cc1)c1ccc(OCCO)cc1. The highest BCUT2D eigenvalue weighted by atomic mass is 35.5. The lowest BCUT2D eigenvalue weighted by molar-refractivity contribution is -0.132. The molecule has 2 rings (SSSR count). The van der Waals surface area contributed by atoms with Crippen molar-refractivity contribution in [3.05, 3.63) is 76.8 Å². The summed E-state index contributed by atoms with van der Waals surface area (Å²) in [6.07, 6.45) is 0. The van der Waals surface area contributed by atoms with E-state index in [1.54, 1.807) is 48.5 Å². The van der Waals surface area contributed by atoms with Crippen LogP contribution in [0.1, 0.15) is 22.8 Å². The zero-order chi connectivity index (χ0) is 18.8. The molecule has 0 aliphatic carbocycles. The van der Waals surface area contributed by atoms with Crippen LogP contribution in [0.4, 0.5) is 0 Å². The summed E-state index contributed by atoms with van der Waals surface area (Å²) in [6.45, 7) is 4.81. The van der Waals surface area contributed by atoms with Crippen molar-refractivity contribution in [1.82, 2.24) is 0 Å². The van der Waals surface area contributed by atoms with Crippen molar-refractivity contribution in [2.24, 2.45) is 0 Å². The van der Waals surface area contributed by atoms with Crippen LogP contribution in [-0.2, 0) is 4.79 Å². The van der Waals surface area contributed by atoms with Crippen LogP contribution in [0, 0.1) is 0 Å². The zero-order valence-corrected chi connectivity index (χ0v) is 14.5. The van der Waals surface area contributed by atoms with Crippen LogP contribution < -0.4 is 4.74 Å². The minimum atomic E-state index is -0.935. The van der Waals surface area contributed by atoms with E-state index in [9.17, 15) is 9.59 Å². The Bertz CT molecular complexity index is 708. The Hall–Kier alpha value is -2.63. The molecule has 25 heavy (non-hydrogen) atoms. The van der Waals surface area contributed by atoms with Gasteiger partial charge in [-0.1, -0.05) is 18.2 Å². The quantitative estimate of drug-likeness (QED) is 0.606. The van der Waals surface area contributed by atoms with E-state index in [-0.39, 0.29) is 24.6 Å². The van der Waals surface area contributed by atoms with Gasteiger partial charge < -0.3 is 14.9 Å². The summed E-state index contributed by atoms with van der Waals surface area (Å²) < 4.78 is 5.23. The van der Waals surface area contributed by atoms with Crippen molar-refractivity contribution in [3.63, 3.8) is 0 Å². The van der Waals surface area contributed by atoms with Crippen LogP contribution in [-0.4, -0.2) is 35.2 Å². The number of aliphatic hydroxyl groups is 1. The van der Waals surface area contributed by atoms with Crippen molar-refractivity contribution < 1.29 is 24.5 Å². The summed E-state index contributed by atoms with van der Waals surface area (Å²) in [4.78, 5) is 21.8. The minimum Gasteiger partial charge on any atom is -0.491 e. The van der Waals surface area contributed by atoms with Crippen LogP contribution in [0.3, 0.4) is 0 Å². The second-order valence-corrected chi connectivity index (χ2v) is 5.45. The van der Waals surface area contributed by atoms with Crippen molar-refractivity contribution >= 4 is 23.4 Å². The Labute approximate surface area is 151 Å². The first-order chi connectivity index (χ1) is 11.8. The molecule has 0 spiro atoms. The Morgan fingerprint density at radius 3 is 1.88 bits per heavy atom. The number of hydrogen-bond donors (Lipinski definition) is 2. The number of aliphatic carboxylic acids is 1. The van der Waals surface area contributed by atoms with Gasteiger partial charge in [-0.25, -0.2) is 4.79 Å². The smallest absolute Gasteiger partial charge is 0.330 e. The second kappa shape index (κ2) is 10.3. The van der Waals surface area contributed by atoms with Gasteiger partial charge in [-0.15, -0.1) is 0 Å². The Morgan fingerprint density at radius 1 is 1.04 bits per heavy atom. The monoisotopic (exact) mass is 362 g/mol. The number of carbonyl (C=O) groups excluding carboxylic acids is 1. The average Bonchev–Trinajstić information content (AvgIpc) is 2.61. The molecule has 0 aliphatic rings. The van der Waals surface area contributed by atoms with Crippen LogP contribution >= 0.6 is 11.6 Å². The number of rotatable bonds is 6. The maximum Gasteiger partial charge on any atom is 0.330 e. The lowest BCUT2D eigenvalue weighted by atomic mass is 10.0. The highest BCUT2D eigenvalue weighted by Gasteiger charge is 2.08. The van der Waals surface area contributed by atoms with Crippen molar-refractivity contribution in [2.75, 3.05) is 13.2 Å². The average molecular weight is 363 g/mol. The standard InChI is InChI=1S/C15H13ClO3.C4H6O2/c16-13-5-1-11(2-6-13)15(18)12-3-7-14(8-4-12)19-10-9-17;1-3(2)4(5)6/h1-8,17H,9-10H2;1H2,2H3,(H,5,6). The highest BCUT2D eigenvalue weighted by molar-refractivity contribution is 6.30. The van der Waals surface area contributed by atoms with Gasteiger partial charge in [-0.3, -0.25) is 4.79 Å². The predicted molar refractivity (Wildman–Crippen MR) is 96.4 cm³/mol. The Kier molecular flexibility index (Phi) is 8.39. The molecule has 0 saturated heterocycles. The van der Waals surface area contributed by atoms with Gasteiger partial charge in [0.1, 0.15) is 12.4 Å². The van der Waals surface area contributed by atoms with Crippen molar-refractivity contribution in [1.29, 1.82) is 0 Å². The molecule has 0 bridgehead atoms. The number of halogens is 1. The van der Waals surface area contributed by atoms with Crippen LogP contribution in [0.2, 0.25) is 5.02 Å². The van der Waals surface area contributed by atoms with E-state index < -0.39 is 5.97 Å². The van der Waals surface area contributed by atoms with Gasteiger partial charge in [0.05, 0.1) is 6.61 Å². The molecule has 2 aromatic rings. The number of ether oxygens (including phenoxy) is 1. The molecule has 0 saturated carbocycles. The molecule has 132 valence electrons. The van der Waals surface area contributed by atoms with Gasteiger partial charge in [-0.05, 0) is 55.5 Å². The molecule has 5 nitrogen and oxygen atoms in total. The second-order valence-electron chi connectivity index (χ2n) is 5.02. The summed E-state index contributed by atoms with van der Waals surface area (Å²) in [6, 6.07) is 13.6. The molecule has 0 atom stereocenters. The summed E-state index contributed by atoms with van der Waals surface area (Å²) in [5.41, 5.74) is 1.35. The molecule has 0 radical (unpaired) electrons. The van der Waals surface area contributed by atoms with E-state index >= 15 is 0 Å². The first-order valence-electron chi connectivity index (χ1n) is 7.38. The maximum absolute atomic E-state index is 12.2. The molecule has 0 unspecified atom stereocenters. The molecule has 0 fully saturated rings. The fourth-order valence-electron chi connectivity index (χ4n) is 1.63. The summed E-state index contributed by atoms with van der Waals surface area (Å²) in [5.74, 6) is -0.373. The fraction of sp³-hybridized carbons (Fsp3) is 0.158. The van der Waals surface area contributed by atoms with Crippen LogP contribution in [0.15, 0.2) is 60.7 Å². The summed E-state index contributed by atoms with van der Waals surface area (Å²) in [7, 11) is 0. The Morgan fingerprint density at radius 2 is 1.48 bits per heavy atom. The molecule has 0 aliphatic heterocycles. The molecule has 0 aromatic heterocycles. The van der Waals surface area contributed by atoms with E-state index in [1.807, 2.05) is 0 Å². The number of carboxylic acids is 1. The normalized spacial score (nSPS) is 9.56. The molecular formula is C19H19ClO5. The number of carboxylic acid groups (broad SMARTS) is 1. The topological polar surface area (TPSA) is 83.8 Å². The summed E-state index contributed by atoms with van der Waals surface area (Å²) >= 11 is 5.78. The Balaban J connectivity index is 0.000000450. The fourth-order valence-corrected chi connectivity index (χ4v) is 1.76. The molecule has 0 heterocycles. The first-order valence-corrected chi connectivity index (χ1v) is 7.75. The van der Waals surface area contributed by atoms with Gasteiger partial charge in [0, 0.05) is 21.7 Å². The van der Waals surface area contributed by atoms with Crippen LogP contribution in [0.5, 0.6) is 5.75 Å². The van der Waals surface area contributed by atoms with Crippen LogP contribution in [0.25, 0.3) is 0 Å². The highest BCUT2D eigenvalue weighted by Crippen LogP contribution is 2.17. The van der Waals surface area contributed by atoms with E-state index in [0.29, 0.717) is 21.9 Å². The number of carbonyl (C=O) groups is 2. The number of aliphatic hydroxyl groups excluding tert-OH is 1. The minimum absolute atomic E-state index is 0.0363. The number of benzene rings is 2. The number of hydrogen-bond acceptors (Lipinski definition) is 4. The third-order valence-electron chi connectivity index (χ3n) is 2.95. The zero-order valence-electron chi connectivity index (χ0n) is 13.7. The van der Waals surface area contributed by atoms with Crippen molar-refractivity contribution in [2.45, 2.75) is 6.92 Å². The number of ketones is 1. The summed E-state index contributed by atoms with van der Waals surface area (Å²) in [5, 5.41) is 17.1.